The number of aliphatic imine (C=N–C) groups is 1. The lowest BCUT2D eigenvalue weighted by molar-refractivity contribution is -0.117. The van der Waals surface area contributed by atoms with E-state index in [0.29, 0.717) is 24.0 Å². The highest BCUT2D eigenvalue weighted by molar-refractivity contribution is 5.92. The SMILES string of the molecule is CCc1cccc(NC(N)=NC2C3CCOC3C23CCCC3)c1. The third-order valence-electron chi connectivity index (χ3n) is 6.12. The molecule has 1 aromatic rings. The Hall–Kier alpha value is -1.55. The van der Waals surface area contributed by atoms with Crippen LogP contribution in [0.4, 0.5) is 5.69 Å². The first-order valence-corrected chi connectivity index (χ1v) is 9.04. The minimum atomic E-state index is 0.277. The molecule has 4 rings (SSSR count). The van der Waals surface area contributed by atoms with Crippen molar-refractivity contribution < 1.29 is 4.74 Å². The zero-order chi connectivity index (χ0) is 15.9. The van der Waals surface area contributed by atoms with Crippen molar-refractivity contribution in [3.05, 3.63) is 29.8 Å². The molecule has 2 saturated carbocycles. The first kappa shape index (κ1) is 15.0. The summed E-state index contributed by atoms with van der Waals surface area (Å²) < 4.78 is 6.02. The molecule has 3 unspecified atom stereocenters. The summed E-state index contributed by atoms with van der Waals surface area (Å²) in [7, 11) is 0. The molecule has 3 N–H and O–H groups in total. The molecule has 4 nitrogen and oxygen atoms in total. The molecule has 1 spiro atoms. The van der Waals surface area contributed by atoms with Crippen molar-refractivity contribution in [2.24, 2.45) is 22.1 Å². The van der Waals surface area contributed by atoms with Gasteiger partial charge in [0, 0.05) is 23.6 Å². The number of nitrogens with two attached hydrogens (primary N) is 1. The summed E-state index contributed by atoms with van der Waals surface area (Å²) in [6.45, 7) is 3.06. The number of fused-ring (bicyclic) bond motifs is 2. The average molecular weight is 313 g/mol. The van der Waals surface area contributed by atoms with Gasteiger partial charge in [0.25, 0.3) is 0 Å². The minimum Gasteiger partial charge on any atom is -0.377 e. The van der Waals surface area contributed by atoms with E-state index in [1.165, 1.54) is 31.2 Å². The number of rotatable bonds is 3. The van der Waals surface area contributed by atoms with Gasteiger partial charge in [0.2, 0.25) is 0 Å². The molecule has 3 fully saturated rings. The fraction of sp³-hybridized carbons (Fsp3) is 0.632. The monoisotopic (exact) mass is 313 g/mol. The van der Waals surface area contributed by atoms with Gasteiger partial charge in [-0.2, -0.15) is 0 Å². The Bertz CT molecular complexity index is 606. The Balaban J connectivity index is 1.52. The maximum absolute atomic E-state index is 6.24. The summed E-state index contributed by atoms with van der Waals surface area (Å²) in [5, 5.41) is 3.29. The molecule has 3 atom stereocenters. The fourth-order valence-corrected chi connectivity index (χ4v) is 5.03. The van der Waals surface area contributed by atoms with E-state index >= 15 is 0 Å². The van der Waals surface area contributed by atoms with Crippen LogP contribution in [-0.2, 0) is 11.2 Å². The third kappa shape index (κ3) is 2.44. The van der Waals surface area contributed by atoms with Crippen molar-refractivity contribution in [3.8, 4) is 0 Å². The van der Waals surface area contributed by atoms with Gasteiger partial charge in [-0.3, -0.25) is 0 Å². The number of ether oxygens (including phenoxy) is 1. The van der Waals surface area contributed by atoms with Crippen LogP contribution >= 0.6 is 0 Å². The fourth-order valence-electron chi connectivity index (χ4n) is 5.03. The van der Waals surface area contributed by atoms with Crippen LogP contribution in [-0.4, -0.2) is 24.7 Å². The molecule has 23 heavy (non-hydrogen) atoms. The van der Waals surface area contributed by atoms with Crippen LogP contribution in [0.25, 0.3) is 0 Å². The van der Waals surface area contributed by atoms with Crippen molar-refractivity contribution in [1.82, 2.24) is 0 Å². The van der Waals surface area contributed by atoms with Crippen LogP contribution < -0.4 is 11.1 Å². The second-order valence-electron chi connectivity index (χ2n) is 7.32. The molecular formula is C19H27N3O. The van der Waals surface area contributed by atoms with Gasteiger partial charge < -0.3 is 15.8 Å². The van der Waals surface area contributed by atoms with Crippen molar-refractivity contribution in [3.63, 3.8) is 0 Å². The number of guanidine groups is 1. The van der Waals surface area contributed by atoms with E-state index in [0.717, 1.165) is 25.1 Å². The molecule has 124 valence electrons. The highest BCUT2D eigenvalue weighted by atomic mass is 16.5. The Labute approximate surface area is 138 Å². The molecule has 4 heteroatoms. The van der Waals surface area contributed by atoms with Crippen molar-refractivity contribution in [1.29, 1.82) is 0 Å². The molecule has 0 amide bonds. The van der Waals surface area contributed by atoms with Gasteiger partial charge in [-0.15, -0.1) is 0 Å². The maximum Gasteiger partial charge on any atom is 0.193 e. The standard InChI is InChI=1S/C19H27N3O/c1-2-13-6-5-7-14(12-13)21-18(20)22-16-15-8-11-23-17(15)19(16)9-3-4-10-19/h5-7,12,15-17H,2-4,8-11H2,1H3,(H3,20,21,22). The number of anilines is 1. The van der Waals surface area contributed by atoms with E-state index in [1.807, 2.05) is 0 Å². The normalized spacial score (nSPS) is 31.9. The van der Waals surface area contributed by atoms with Crippen LogP contribution in [0.1, 0.15) is 44.6 Å². The zero-order valence-corrected chi connectivity index (χ0v) is 13.9. The second-order valence-corrected chi connectivity index (χ2v) is 7.32. The lowest BCUT2D eigenvalue weighted by atomic mass is 9.54. The van der Waals surface area contributed by atoms with Gasteiger partial charge in [-0.05, 0) is 43.4 Å². The molecule has 0 bridgehead atoms. The number of hydrogen-bond donors (Lipinski definition) is 2. The van der Waals surface area contributed by atoms with Crippen molar-refractivity contribution >= 4 is 11.6 Å². The summed E-state index contributed by atoms with van der Waals surface area (Å²) in [6.07, 6.45) is 7.73. The average Bonchev–Trinajstić information content (AvgIpc) is 3.21. The van der Waals surface area contributed by atoms with Crippen LogP contribution in [0.15, 0.2) is 29.3 Å². The van der Waals surface area contributed by atoms with Crippen LogP contribution in [0.2, 0.25) is 0 Å². The lowest BCUT2D eigenvalue weighted by Gasteiger charge is -2.54. The van der Waals surface area contributed by atoms with Crippen LogP contribution in [0, 0.1) is 11.3 Å². The van der Waals surface area contributed by atoms with E-state index < -0.39 is 0 Å². The molecule has 1 aliphatic heterocycles. The molecule has 3 aliphatic rings. The van der Waals surface area contributed by atoms with E-state index in [2.05, 4.69) is 36.5 Å². The van der Waals surface area contributed by atoms with Gasteiger partial charge in [0.05, 0.1) is 12.1 Å². The molecular weight excluding hydrogens is 286 g/mol. The van der Waals surface area contributed by atoms with Gasteiger partial charge in [0.1, 0.15) is 0 Å². The van der Waals surface area contributed by atoms with Crippen molar-refractivity contribution in [2.45, 2.75) is 57.6 Å². The molecule has 0 radical (unpaired) electrons. The smallest absolute Gasteiger partial charge is 0.193 e. The Kier molecular flexibility index (Phi) is 3.80. The first-order chi connectivity index (χ1) is 11.2. The second kappa shape index (κ2) is 5.82. The largest absolute Gasteiger partial charge is 0.377 e. The Morgan fingerprint density at radius 2 is 2.22 bits per heavy atom. The Morgan fingerprint density at radius 3 is 3.00 bits per heavy atom. The van der Waals surface area contributed by atoms with Gasteiger partial charge in [-0.1, -0.05) is 31.9 Å². The topological polar surface area (TPSA) is 59.6 Å². The first-order valence-electron chi connectivity index (χ1n) is 9.04. The molecule has 1 aromatic carbocycles. The summed E-state index contributed by atoms with van der Waals surface area (Å²) in [5.74, 6) is 1.13. The van der Waals surface area contributed by atoms with E-state index in [-0.39, 0.29) is 5.41 Å². The number of benzene rings is 1. The summed E-state index contributed by atoms with van der Waals surface area (Å²) in [6, 6.07) is 8.75. The lowest BCUT2D eigenvalue weighted by Crippen LogP contribution is -2.61. The van der Waals surface area contributed by atoms with Gasteiger partial charge >= 0.3 is 0 Å². The van der Waals surface area contributed by atoms with E-state index in [1.54, 1.807) is 0 Å². The van der Waals surface area contributed by atoms with Gasteiger partial charge in [-0.25, -0.2) is 4.99 Å². The van der Waals surface area contributed by atoms with Crippen LogP contribution in [0.5, 0.6) is 0 Å². The number of nitrogens with zero attached hydrogens (tertiary/aromatic N) is 1. The predicted molar refractivity (Wildman–Crippen MR) is 93.6 cm³/mol. The van der Waals surface area contributed by atoms with Crippen LogP contribution in [0.3, 0.4) is 0 Å². The number of hydrogen-bond acceptors (Lipinski definition) is 2. The maximum atomic E-state index is 6.24. The van der Waals surface area contributed by atoms with E-state index in [9.17, 15) is 0 Å². The quantitative estimate of drug-likeness (QED) is 0.665. The highest BCUT2D eigenvalue weighted by Gasteiger charge is 2.65. The molecule has 2 aliphatic carbocycles. The zero-order valence-electron chi connectivity index (χ0n) is 13.9. The molecule has 1 saturated heterocycles. The van der Waals surface area contributed by atoms with Crippen molar-refractivity contribution in [2.75, 3.05) is 11.9 Å². The highest BCUT2D eigenvalue weighted by Crippen LogP contribution is 2.62. The van der Waals surface area contributed by atoms with Gasteiger partial charge in [0.15, 0.2) is 5.96 Å². The molecule has 0 aromatic heterocycles. The minimum absolute atomic E-state index is 0.277. The Morgan fingerprint density at radius 1 is 1.39 bits per heavy atom. The van der Waals surface area contributed by atoms with E-state index in [4.69, 9.17) is 15.5 Å². The predicted octanol–water partition coefficient (Wildman–Crippen LogP) is 3.32. The summed E-state index contributed by atoms with van der Waals surface area (Å²) >= 11 is 0. The number of nitrogens with one attached hydrogen (secondary N) is 1. The summed E-state index contributed by atoms with van der Waals surface area (Å²) in [5.41, 5.74) is 8.86. The molecule has 1 heterocycles. The number of aryl methyl sites for hydroxylation is 1. The summed E-state index contributed by atoms with van der Waals surface area (Å²) in [4.78, 5) is 4.91. The third-order valence-corrected chi connectivity index (χ3v) is 6.12.